The molecule has 3 rings (SSSR count). The first-order chi connectivity index (χ1) is 14.6. The lowest BCUT2D eigenvalue weighted by Crippen LogP contribution is -2.35. The quantitative estimate of drug-likeness (QED) is 0.401. The Kier molecular flexibility index (Phi) is 6.50. The van der Waals surface area contributed by atoms with Crippen LogP contribution in [0.25, 0.3) is 5.76 Å². The number of aromatic amines is 1. The third-order valence-corrected chi connectivity index (χ3v) is 5.26. The van der Waals surface area contributed by atoms with Gasteiger partial charge in [0.05, 0.1) is 29.0 Å². The molecule has 0 radical (unpaired) electrons. The van der Waals surface area contributed by atoms with Crippen LogP contribution in [0, 0.1) is 13.8 Å². The Morgan fingerprint density at radius 2 is 1.87 bits per heavy atom. The summed E-state index contributed by atoms with van der Waals surface area (Å²) in [6.07, 6.45) is 0.0311. The summed E-state index contributed by atoms with van der Waals surface area (Å²) < 4.78 is 5.72. The first-order valence-electron chi connectivity index (χ1n) is 10.3. The van der Waals surface area contributed by atoms with Gasteiger partial charge in [-0.2, -0.15) is 5.10 Å². The van der Waals surface area contributed by atoms with Crippen LogP contribution in [0.4, 0.5) is 0 Å². The van der Waals surface area contributed by atoms with Gasteiger partial charge in [-0.05, 0) is 59.5 Å². The van der Waals surface area contributed by atoms with Crippen molar-refractivity contribution >= 4 is 17.4 Å². The van der Waals surface area contributed by atoms with Gasteiger partial charge in [0.1, 0.15) is 11.5 Å². The standard InChI is InChI=1S/C23H30N4O4/c1-13(2)31-17-9-7-16(8-10-17)20-19(21(28)18-14(3)24-25-15(18)4)22(29)23(30)27(20)12-11-26(5)6/h7-10,13,20,28H,11-12H2,1-6H3,(H,24,25)/b21-19+/t20-/m1/s1. The van der Waals surface area contributed by atoms with Gasteiger partial charge < -0.3 is 19.6 Å². The first-order valence-corrected chi connectivity index (χ1v) is 10.3. The smallest absolute Gasteiger partial charge is 0.295 e. The number of ketones is 1. The SMILES string of the molecule is Cc1n[nH]c(C)c1/C(O)=C1\C(=O)C(=O)N(CCN(C)C)[C@@H]1c1ccc(OC(C)C)cc1. The average Bonchev–Trinajstić information content (AvgIpc) is 3.16. The van der Waals surface area contributed by atoms with Gasteiger partial charge in [0, 0.05) is 18.8 Å². The Bertz CT molecular complexity index is 986. The molecule has 1 aliphatic heterocycles. The van der Waals surface area contributed by atoms with Gasteiger partial charge in [0.15, 0.2) is 0 Å². The number of aliphatic hydroxyl groups excluding tert-OH is 1. The van der Waals surface area contributed by atoms with Gasteiger partial charge >= 0.3 is 0 Å². The number of likely N-dealkylation sites (N-methyl/N-ethyl adjacent to an activating group) is 1. The number of aryl methyl sites for hydroxylation is 2. The number of nitrogens with zero attached hydrogens (tertiary/aromatic N) is 3. The summed E-state index contributed by atoms with van der Waals surface area (Å²) in [5, 5.41) is 18.1. The third kappa shape index (κ3) is 4.49. The Balaban J connectivity index is 2.12. The largest absolute Gasteiger partial charge is 0.507 e. The maximum Gasteiger partial charge on any atom is 0.295 e. The normalized spacial score (nSPS) is 18.5. The summed E-state index contributed by atoms with van der Waals surface area (Å²) in [5.74, 6) is -0.814. The molecule has 0 unspecified atom stereocenters. The Morgan fingerprint density at radius 3 is 2.39 bits per heavy atom. The molecule has 1 amide bonds. The molecular weight excluding hydrogens is 396 g/mol. The number of carbonyl (C=O) groups excluding carboxylic acids is 2. The number of Topliss-reactive ketones (excluding diaryl/α,β-unsaturated/α-hetero) is 1. The monoisotopic (exact) mass is 426 g/mol. The molecule has 0 spiro atoms. The van der Waals surface area contributed by atoms with Crippen LogP contribution in [0.15, 0.2) is 29.8 Å². The van der Waals surface area contributed by atoms with E-state index in [4.69, 9.17) is 4.74 Å². The van der Waals surface area contributed by atoms with Crippen molar-refractivity contribution in [1.29, 1.82) is 0 Å². The summed E-state index contributed by atoms with van der Waals surface area (Å²) in [6, 6.07) is 6.60. The van der Waals surface area contributed by atoms with E-state index >= 15 is 0 Å². The van der Waals surface area contributed by atoms with E-state index in [1.165, 1.54) is 4.90 Å². The second-order valence-electron chi connectivity index (χ2n) is 8.34. The van der Waals surface area contributed by atoms with Crippen molar-refractivity contribution in [3.8, 4) is 5.75 Å². The molecule has 1 aromatic heterocycles. The molecule has 31 heavy (non-hydrogen) atoms. The predicted molar refractivity (Wildman–Crippen MR) is 118 cm³/mol. The zero-order valence-electron chi connectivity index (χ0n) is 18.9. The van der Waals surface area contributed by atoms with E-state index in [0.29, 0.717) is 35.8 Å². The van der Waals surface area contributed by atoms with Crippen LogP contribution in [0.3, 0.4) is 0 Å². The van der Waals surface area contributed by atoms with E-state index in [-0.39, 0.29) is 17.4 Å². The minimum atomic E-state index is -0.693. The van der Waals surface area contributed by atoms with Crippen molar-refractivity contribution in [3.63, 3.8) is 0 Å². The summed E-state index contributed by atoms with van der Waals surface area (Å²) >= 11 is 0. The number of nitrogens with one attached hydrogen (secondary N) is 1. The van der Waals surface area contributed by atoms with Crippen molar-refractivity contribution in [2.24, 2.45) is 0 Å². The number of rotatable bonds is 7. The molecule has 0 saturated carbocycles. The van der Waals surface area contributed by atoms with Crippen LogP contribution in [0.2, 0.25) is 0 Å². The van der Waals surface area contributed by atoms with Crippen LogP contribution in [0.1, 0.15) is 42.4 Å². The number of benzene rings is 1. The maximum atomic E-state index is 13.0. The van der Waals surface area contributed by atoms with Crippen LogP contribution in [-0.4, -0.2) is 70.1 Å². The molecule has 1 atom stereocenters. The summed E-state index contributed by atoms with van der Waals surface area (Å²) in [7, 11) is 3.81. The number of likely N-dealkylation sites (tertiary alicyclic amines) is 1. The molecule has 1 aliphatic rings. The fourth-order valence-electron chi connectivity index (χ4n) is 3.80. The van der Waals surface area contributed by atoms with E-state index in [0.717, 1.165) is 5.56 Å². The zero-order valence-corrected chi connectivity index (χ0v) is 18.9. The summed E-state index contributed by atoms with van der Waals surface area (Å²) in [4.78, 5) is 29.4. The third-order valence-electron chi connectivity index (χ3n) is 5.26. The van der Waals surface area contributed by atoms with Gasteiger partial charge in [-0.15, -0.1) is 0 Å². The molecule has 8 nitrogen and oxygen atoms in total. The van der Waals surface area contributed by atoms with Crippen LogP contribution < -0.4 is 4.74 Å². The Hall–Kier alpha value is -3.13. The highest BCUT2D eigenvalue weighted by molar-refractivity contribution is 6.46. The number of ether oxygens (including phenoxy) is 1. The topological polar surface area (TPSA) is 98.8 Å². The van der Waals surface area contributed by atoms with Crippen molar-refractivity contribution in [1.82, 2.24) is 20.0 Å². The van der Waals surface area contributed by atoms with Crippen molar-refractivity contribution < 1.29 is 19.4 Å². The lowest BCUT2D eigenvalue weighted by Gasteiger charge is -2.26. The van der Waals surface area contributed by atoms with Crippen molar-refractivity contribution in [2.45, 2.75) is 39.8 Å². The Labute approximate surface area is 182 Å². The van der Waals surface area contributed by atoms with Crippen LogP contribution in [0.5, 0.6) is 5.75 Å². The van der Waals surface area contributed by atoms with E-state index in [1.54, 1.807) is 13.8 Å². The molecule has 1 aromatic carbocycles. The molecule has 0 bridgehead atoms. The highest BCUT2D eigenvalue weighted by Crippen LogP contribution is 2.40. The molecular formula is C23H30N4O4. The van der Waals surface area contributed by atoms with Gasteiger partial charge in [-0.25, -0.2) is 0 Å². The number of carbonyl (C=O) groups is 2. The fourth-order valence-corrected chi connectivity index (χ4v) is 3.80. The predicted octanol–water partition coefficient (Wildman–Crippen LogP) is 2.80. The Morgan fingerprint density at radius 1 is 1.23 bits per heavy atom. The first kappa shape index (κ1) is 22.6. The summed E-state index contributed by atoms with van der Waals surface area (Å²) in [6.45, 7) is 8.34. The van der Waals surface area contributed by atoms with E-state index in [2.05, 4.69) is 10.2 Å². The fraction of sp³-hybridized carbons (Fsp3) is 0.435. The number of H-pyrrole nitrogens is 1. The molecule has 8 heteroatoms. The molecule has 2 heterocycles. The second-order valence-corrected chi connectivity index (χ2v) is 8.34. The van der Waals surface area contributed by atoms with E-state index in [9.17, 15) is 14.7 Å². The highest BCUT2D eigenvalue weighted by Gasteiger charge is 2.46. The van der Waals surface area contributed by atoms with Gasteiger partial charge in [-0.3, -0.25) is 14.7 Å². The lowest BCUT2D eigenvalue weighted by molar-refractivity contribution is -0.140. The average molecular weight is 427 g/mol. The summed E-state index contributed by atoms with van der Waals surface area (Å²) in [5.41, 5.74) is 2.46. The molecule has 2 N–H and O–H groups in total. The zero-order chi connectivity index (χ0) is 22.9. The molecule has 1 fully saturated rings. The van der Waals surface area contributed by atoms with Crippen LogP contribution >= 0.6 is 0 Å². The number of amides is 1. The number of hydrogen-bond donors (Lipinski definition) is 2. The minimum absolute atomic E-state index is 0.0311. The van der Waals surface area contributed by atoms with Crippen LogP contribution in [-0.2, 0) is 9.59 Å². The van der Waals surface area contributed by atoms with Crippen molar-refractivity contribution in [3.05, 3.63) is 52.4 Å². The van der Waals surface area contributed by atoms with Gasteiger partial charge in [0.2, 0.25) is 0 Å². The molecule has 1 saturated heterocycles. The highest BCUT2D eigenvalue weighted by atomic mass is 16.5. The number of aliphatic hydroxyl groups is 1. The van der Waals surface area contributed by atoms with Gasteiger partial charge in [-0.1, -0.05) is 12.1 Å². The molecule has 0 aliphatic carbocycles. The lowest BCUT2D eigenvalue weighted by atomic mass is 9.94. The number of hydrogen-bond acceptors (Lipinski definition) is 6. The molecule has 2 aromatic rings. The molecule has 166 valence electrons. The van der Waals surface area contributed by atoms with Crippen molar-refractivity contribution in [2.75, 3.05) is 27.2 Å². The van der Waals surface area contributed by atoms with Gasteiger partial charge in [0.25, 0.3) is 11.7 Å². The maximum absolute atomic E-state index is 13.0. The second kappa shape index (κ2) is 8.93. The van der Waals surface area contributed by atoms with E-state index in [1.807, 2.05) is 57.1 Å². The van der Waals surface area contributed by atoms with E-state index < -0.39 is 17.7 Å². The minimum Gasteiger partial charge on any atom is -0.507 e. The number of aromatic nitrogens is 2.